The van der Waals surface area contributed by atoms with Crippen molar-refractivity contribution in [2.45, 2.75) is 45.3 Å². The van der Waals surface area contributed by atoms with Crippen molar-refractivity contribution >= 4 is 0 Å². The molecule has 84 valence electrons. The van der Waals surface area contributed by atoms with Gasteiger partial charge in [0.05, 0.1) is 12.7 Å². The molecule has 0 amide bonds. The van der Waals surface area contributed by atoms with Crippen LogP contribution in [0.4, 0.5) is 0 Å². The van der Waals surface area contributed by atoms with Crippen molar-refractivity contribution in [2.75, 3.05) is 26.4 Å². The van der Waals surface area contributed by atoms with Gasteiger partial charge in [0.15, 0.2) is 0 Å². The number of nitrogens with one attached hydrogen (secondary N) is 1. The van der Waals surface area contributed by atoms with Crippen molar-refractivity contribution in [1.82, 2.24) is 5.32 Å². The summed E-state index contributed by atoms with van der Waals surface area (Å²) in [7, 11) is 0. The van der Waals surface area contributed by atoms with E-state index in [0.717, 1.165) is 45.6 Å². The monoisotopic (exact) mass is 201 g/mol. The standard InChI is InChI=1S/C11H23NO2/c1-3-6-13-8-5-12-11-4-7-14-10(2)9-11/h10-12H,3-9H2,1-2H3. The molecule has 0 aromatic heterocycles. The number of rotatable bonds is 6. The second-order valence-corrected chi connectivity index (χ2v) is 3.97. The van der Waals surface area contributed by atoms with Gasteiger partial charge in [0.25, 0.3) is 0 Å². The van der Waals surface area contributed by atoms with Crippen LogP contribution < -0.4 is 5.32 Å². The predicted octanol–water partition coefficient (Wildman–Crippen LogP) is 1.57. The van der Waals surface area contributed by atoms with Gasteiger partial charge in [-0.05, 0) is 26.2 Å². The Morgan fingerprint density at radius 1 is 1.43 bits per heavy atom. The molecule has 1 saturated heterocycles. The highest BCUT2D eigenvalue weighted by Crippen LogP contribution is 2.12. The van der Waals surface area contributed by atoms with Crippen LogP contribution in [0.15, 0.2) is 0 Å². The van der Waals surface area contributed by atoms with E-state index in [0.29, 0.717) is 12.1 Å². The van der Waals surface area contributed by atoms with Crippen LogP contribution >= 0.6 is 0 Å². The molecule has 14 heavy (non-hydrogen) atoms. The molecule has 0 spiro atoms. The molecule has 0 aromatic carbocycles. The fourth-order valence-electron chi connectivity index (χ4n) is 1.77. The lowest BCUT2D eigenvalue weighted by Gasteiger charge is -2.28. The van der Waals surface area contributed by atoms with Gasteiger partial charge >= 0.3 is 0 Å². The van der Waals surface area contributed by atoms with Gasteiger partial charge < -0.3 is 14.8 Å². The third-order valence-electron chi connectivity index (χ3n) is 2.51. The van der Waals surface area contributed by atoms with Crippen LogP contribution in [0.2, 0.25) is 0 Å². The van der Waals surface area contributed by atoms with Gasteiger partial charge in [-0.2, -0.15) is 0 Å². The summed E-state index contributed by atoms with van der Waals surface area (Å²) in [5, 5.41) is 3.51. The van der Waals surface area contributed by atoms with Gasteiger partial charge in [-0.1, -0.05) is 6.92 Å². The summed E-state index contributed by atoms with van der Waals surface area (Å²) < 4.78 is 10.9. The van der Waals surface area contributed by atoms with E-state index >= 15 is 0 Å². The summed E-state index contributed by atoms with van der Waals surface area (Å²) in [6, 6.07) is 0.629. The Bertz CT molecular complexity index is 141. The molecule has 1 aliphatic heterocycles. The van der Waals surface area contributed by atoms with Gasteiger partial charge in [-0.25, -0.2) is 0 Å². The summed E-state index contributed by atoms with van der Waals surface area (Å²) in [6.07, 6.45) is 3.79. The maximum Gasteiger partial charge on any atom is 0.0590 e. The molecular formula is C11H23NO2. The Morgan fingerprint density at radius 3 is 3.00 bits per heavy atom. The minimum atomic E-state index is 0.415. The van der Waals surface area contributed by atoms with Gasteiger partial charge in [-0.15, -0.1) is 0 Å². The molecule has 1 heterocycles. The zero-order valence-corrected chi connectivity index (χ0v) is 9.42. The number of hydrogen-bond donors (Lipinski definition) is 1. The molecular weight excluding hydrogens is 178 g/mol. The van der Waals surface area contributed by atoms with Crippen molar-refractivity contribution in [3.63, 3.8) is 0 Å². The molecule has 0 aliphatic carbocycles. The van der Waals surface area contributed by atoms with Gasteiger partial charge in [-0.3, -0.25) is 0 Å². The fourth-order valence-corrected chi connectivity index (χ4v) is 1.77. The summed E-state index contributed by atoms with van der Waals surface area (Å²) in [5.41, 5.74) is 0. The topological polar surface area (TPSA) is 30.5 Å². The van der Waals surface area contributed by atoms with E-state index < -0.39 is 0 Å². The van der Waals surface area contributed by atoms with Crippen LogP contribution in [0, 0.1) is 0 Å². The first-order valence-electron chi connectivity index (χ1n) is 5.75. The zero-order chi connectivity index (χ0) is 10.2. The highest BCUT2D eigenvalue weighted by molar-refractivity contribution is 4.74. The first-order valence-corrected chi connectivity index (χ1v) is 5.75. The lowest BCUT2D eigenvalue weighted by atomic mass is 10.0. The van der Waals surface area contributed by atoms with Crippen molar-refractivity contribution in [2.24, 2.45) is 0 Å². The Labute approximate surface area is 87.2 Å². The van der Waals surface area contributed by atoms with Crippen LogP contribution in [0.1, 0.15) is 33.1 Å². The molecule has 3 nitrogen and oxygen atoms in total. The molecule has 0 aromatic rings. The minimum absolute atomic E-state index is 0.415. The van der Waals surface area contributed by atoms with E-state index in [1.807, 2.05) is 0 Å². The van der Waals surface area contributed by atoms with E-state index in [1.54, 1.807) is 0 Å². The average molecular weight is 201 g/mol. The molecule has 2 unspecified atom stereocenters. The molecule has 1 fully saturated rings. The molecule has 2 atom stereocenters. The number of hydrogen-bond acceptors (Lipinski definition) is 3. The first kappa shape index (κ1) is 12.0. The highest BCUT2D eigenvalue weighted by Gasteiger charge is 2.17. The third-order valence-corrected chi connectivity index (χ3v) is 2.51. The molecule has 3 heteroatoms. The molecule has 1 N–H and O–H groups in total. The molecule has 1 rings (SSSR count). The van der Waals surface area contributed by atoms with Crippen LogP contribution in [0.5, 0.6) is 0 Å². The summed E-state index contributed by atoms with van der Waals surface area (Å²) in [5.74, 6) is 0. The molecule has 0 saturated carbocycles. The summed E-state index contributed by atoms with van der Waals surface area (Å²) in [4.78, 5) is 0. The van der Waals surface area contributed by atoms with Crippen molar-refractivity contribution in [3.05, 3.63) is 0 Å². The normalized spacial score (nSPS) is 27.9. The fraction of sp³-hybridized carbons (Fsp3) is 1.00. The van der Waals surface area contributed by atoms with Crippen LogP contribution in [0.3, 0.4) is 0 Å². The van der Waals surface area contributed by atoms with E-state index in [4.69, 9.17) is 9.47 Å². The van der Waals surface area contributed by atoms with E-state index in [1.165, 1.54) is 0 Å². The zero-order valence-electron chi connectivity index (χ0n) is 9.42. The second-order valence-electron chi connectivity index (χ2n) is 3.97. The molecule has 0 bridgehead atoms. The summed E-state index contributed by atoms with van der Waals surface area (Å²) in [6.45, 7) is 7.85. The van der Waals surface area contributed by atoms with Gasteiger partial charge in [0, 0.05) is 25.8 Å². The van der Waals surface area contributed by atoms with Crippen LogP contribution in [-0.2, 0) is 9.47 Å². The Kier molecular flexibility index (Phi) is 6.15. The Balaban J connectivity index is 1.95. The van der Waals surface area contributed by atoms with Crippen molar-refractivity contribution in [1.29, 1.82) is 0 Å². The second kappa shape index (κ2) is 7.21. The Hall–Kier alpha value is -0.120. The van der Waals surface area contributed by atoms with E-state index in [-0.39, 0.29) is 0 Å². The largest absolute Gasteiger partial charge is 0.380 e. The first-order chi connectivity index (χ1) is 6.83. The maximum atomic E-state index is 5.48. The average Bonchev–Trinajstić information content (AvgIpc) is 2.18. The molecule has 0 radical (unpaired) electrons. The van der Waals surface area contributed by atoms with E-state index in [9.17, 15) is 0 Å². The van der Waals surface area contributed by atoms with E-state index in [2.05, 4.69) is 19.2 Å². The maximum absolute atomic E-state index is 5.48. The highest BCUT2D eigenvalue weighted by atomic mass is 16.5. The quantitative estimate of drug-likeness (QED) is 0.662. The Morgan fingerprint density at radius 2 is 2.29 bits per heavy atom. The van der Waals surface area contributed by atoms with Gasteiger partial charge in [0.1, 0.15) is 0 Å². The number of ether oxygens (including phenoxy) is 2. The van der Waals surface area contributed by atoms with Gasteiger partial charge in [0.2, 0.25) is 0 Å². The van der Waals surface area contributed by atoms with Crippen LogP contribution in [-0.4, -0.2) is 38.5 Å². The van der Waals surface area contributed by atoms with Crippen molar-refractivity contribution in [3.8, 4) is 0 Å². The minimum Gasteiger partial charge on any atom is -0.380 e. The lowest BCUT2D eigenvalue weighted by molar-refractivity contribution is 0.0117. The van der Waals surface area contributed by atoms with Crippen LogP contribution in [0.25, 0.3) is 0 Å². The smallest absolute Gasteiger partial charge is 0.0590 e. The predicted molar refractivity (Wildman–Crippen MR) is 57.5 cm³/mol. The third kappa shape index (κ3) is 4.94. The molecule has 1 aliphatic rings. The summed E-state index contributed by atoms with van der Waals surface area (Å²) >= 11 is 0. The lowest BCUT2D eigenvalue weighted by Crippen LogP contribution is -2.39. The van der Waals surface area contributed by atoms with Crippen molar-refractivity contribution < 1.29 is 9.47 Å². The SMILES string of the molecule is CCCOCCNC1CCOC(C)C1.